The molecule has 204 valence electrons. The molecule has 6 rings (SSSR count). The molecule has 0 saturated heterocycles. The number of aromatic nitrogens is 8. The van der Waals surface area contributed by atoms with Gasteiger partial charge in [-0.15, -0.1) is 0 Å². The largest absolute Gasteiger partial charge is 0.396 e. The van der Waals surface area contributed by atoms with Gasteiger partial charge in [0.2, 0.25) is 0 Å². The van der Waals surface area contributed by atoms with E-state index in [0.717, 1.165) is 27.9 Å². The Morgan fingerprint density at radius 1 is 1.07 bits per heavy atom. The highest BCUT2D eigenvalue weighted by Crippen LogP contribution is 2.33. The molecule has 0 amide bonds. The molecule has 5 aromatic heterocycles. The van der Waals surface area contributed by atoms with Crippen LogP contribution in [-0.2, 0) is 6.54 Å². The fourth-order valence-corrected chi connectivity index (χ4v) is 4.96. The van der Waals surface area contributed by atoms with Crippen molar-refractivity contribution in [2.24, 2.45) is 5.41 Å². The summed E-state index contributed by atoms with van der Waals surface area (Å²) >= 11 is 0. The van der Waals surface area contributed by atoms with E-state index in [1.165, 1.54) is 6.33 Å². The summed E-state index contributed by atoms with van der Waals surface area (Å²) in [7, 11) is 0. The molecule has 0 fully saturated rings. The Morgan fingerprint density at radius 2 is 1.88 bits per heavy atom. The summed E-state index contributed by atoms with van der Waals surface area (Å²) in [6.45, 7) is 8.49. The van der Waals surface area contributed by atoms with Crippen molar-refractivity contribution in [1.82, 2.24) is 38.9 Å². The van der Waals surface area contributed by atoms with Gasteiger partial charge < -0.3 is 15.4 Å². The van der Waals surface area contributed by atoms with Crippen LogP contribution in [0.3, 0.4) is 0 Å². The Labute approximate surface area is 230 Å². The lowest BCUT2D eigenvalue weighted by Crippen LogP contribution is -2.29. The molecule has 1 unspecified atom stereocenters. The maximum absolute atomic E-state index is 13.7. The maximum Gasteiger partial charge on any atom is 0.282 e. The van der Waals surface area contributed by atoms with E-state index in [4.69, 9.17) is 10.2 Å². The van der Waals surface area contributed by atoms with Gasteiger partial charge in [0.15, 0.2) is 5.82 Å². The smallest absolute Gasteiger partial charge is 0.282 e. The number of anilines is 1. The Hall–Kier alpha value is -4.77. The average Bonchev–Trinajstić information content (AvgIpc) is 3.68. The number of benzene rings is 1. The molecule has 0 aliphatic carbocycles. The van der Waals surface area contributed by atoms with E-state index in [0.29, 0.717) is 29.4 Å². The highest BCUT2D eigenvalue weighted by Gasteiger charge is 2.23. The fraction of sp³-hybridized carbons (Fsp3) is 0.276. The van der Waals surface area contributed by atoms with Gasteiger partial charge in [-0.3, -0.25) is 14.0 Å². The van der Waals surface area contributed by atoms with E-state index in [2.05, 4.69) is 20.3 Å². The van der Waals surface area contributed by atoms with Crippen LogP contribution >= 0.6 is 0 Å². The van der Waals surface area contributed by atoms with Crippen molar-refractivity contribution in [2.45, 2.75) is 40.3 Å². The van der Waals surface area contributed by atoms with Gasteiger partial charge in [-0.2, -0.15) is 10.2 Å². The van der Waals surface area contributed by atoms with Crippen LogP contribution in [0, 0.1) is 12.3 Å². The van der Waals surface area contributed by atoms with Crippen molar-refractivity contribution in [1.29, 1.82) is 0 Å². The van der Waals surface area contributed by atoms with Crippen LogP contribution < -0.4 is 10.9 Å². The van der Waals surface area contributed by atoms with Crippen LogP contribution in [0.15, 0.2) is 72.2 Å². The summed E-state index contributed by atoms with van der Waals surface area (Å²) in [6.07, 6.45) is 7.07. The first kappa shape index (κ1) is 25.5. The van der Waals surface area contributed by atoms with Gasteiger partial charge in [0.1, 0.15) is 23.3 Å². The molecule has 1 atom stereocenters. The number of aromatic amines is 1. The number of para-hydroxylation sites is 1. The van der Waals surface area contributed by atoms with Crippen LogP contribution in [0.4, 0.5) is 5.82 Å². The zero-order valence-electron chi connectivity index (χ0n) is 22.8. The second-order valence-corrected chi connectivity index (χ2v) is 10.9. The Kier molecular flexibility index (Phi) is 6.22. The number of fused-ring (bicyclic) bond motifs is 2. The molecule has 0 aliphatic heterocycles. The van der Waals surface area contributed by atoms with Crippen LogP contribution in [0.5, 0.6) is 0 Å². The van der Waals surface area contributed by atoms with Gasteiger partial charge in [0, 0.05) is 42.7 Å². The first-order valence-corrected chi connectivity index (χ1v) is 13.2. The van der Waals surface area contributed by atoms with Crippen molar-refractivity contribution in [3.05, 3.63) is 89.1 Å². The van der Waals surface area contributed by atoms with Crippen LogP contribution in [0.25, 0.3) is 33.5 Å². The Morgan fingerprint density at radius 3 is 2.65 bits per heavy atom. The minimum Gasteiger partial charge on any atom is -0.396 e. The van der Waals surface area contributed by atoms with Crippen molar-refractivity contribution in [3.8, 4) is 16.9 Å². The van der Waals surface area contributed by atoms with Crippen molar-refractivity contribution in [2.75, 3.05) is 11.9 Å². The van der Waals surface area contributed by atoms with Crippen LogP contribution in [0.2, 0.25) is 0 Å². The monoisotopic (exact) mass is 537 g/mol. The number of rotatable bonds is 8. The third kappa shape index (κ3) is 4.43. The minimum atomic E-state index is -0.399. The molecule has 11 nitrogen and oxygen atoms in total. The van der Waals surface area contributed by atoms with Gasteiger partial charge in [-0.05, 0) is 43.7 Å². The molecule has 0 aliphatic rings. The van der Waals surface area contributed by atoms with Gasteiger partial charge in [0.25, 0.3) is 5.56 Å². The summed E-state index contributed by atoms with van der Waals surface area (Å²) in [6, 6.07) is 12.9. The van der Waals surface area contributed by atoms with E-state index in [9.17, 15) is 9.90 Å². The van der Waals surface area contributed by atoms with Crippen molar-refractivity contribution < 1.29 is 5.11 Å². The number of aliphatic hydroxyl groups excluding tert-OH is 1. The van der Waals surface area contributed by atoms with Crippen molar-refractivity contribution >= 4 is 22.4 Å². The topological polar surface area (TPSA) is 131 Å². The summed E-state index contributed by atoms with van der Waals surface area (Å²) < 4.78 is 5.13. The zero-order valence-corrected chi connectivity index (χ0v) is 22.8. The summed E-state index contributed by atoms with van der Waals surface area (Å²) in [5.74, 6) is 1.13. The van der Waals surface area contributed by atoms with E-state index >= 15 is 0 Å². The van der Waals surface area contributed by atoms with Gasteiger partial charge in [-0.1, -0.05) is 32.0 Å². The predicted molar refractivity (Wildman–Crippen MR) is 154 cm³/mol. The third-order valence-corrected chi connectivity index (χ3v) is 7.07. The molecule has 0 bridgehead atoms. The fourth-order valence-electron chi connectivity index (χ4n) is 4.96. The Balaban J connectivity index is 1.42. The van der Waals surface area contributed by atoms with Crippen LogP contribution in [0.1, 0.15) is 38.2 Å². The lowest BCUT2D eigenvalue weighted by Gasteiger charge is -2.21. The first-order valence-electron chi connectivity index (χ1n) is 13.2. The highest BCUT2D eigenvalue weighted by molar-refractivity contribution is 6.00. The number of nitrogens with zero attached hydrogens (tertiary/aromatic N) is 7. The highest BCUT2D eigenvalue weighted by atomic mass is 16.3. The molecule has 6 aromatic rings. The average molecular weight is 538 g/mol. The summed E-state index contributed by atoms with van der Waals surface area (Å²) in [4.78, 5) is 26.0. The maximum atomic E-state index is 13.7. The third-order valence-electron chi connectivity index (χ3n) is 7.07. The molecule has 11 heteroatoms. The van der Waals surface area contributed by atoms with E-state index in [1.54, 1.807) is 15.3 Å². The lowest BCUT2D eigenvalue weighted by atomic mass is 9.95. The number of H-pyrrole nitrogens is 1. The number of nitrogens with one attached hydrogen (secondary N) is 2. The molecule has 5 heterocycles. The number of hydrogen-bond acceptors (Lipinski definition) is 7. The normalized spacial score (nSPS) is 12.8. The van der Waals surface area contributed by atoms with Gasteiger partial charge in [-0.25, -0.2) is 14.5 Å². The quantitative estimate of drug-likeness (QED) is 0.266. The summed E-state index contributed by atoms with van der Waals surface area (Å²) in [5.41, 5.74) is 3.97. The zero-order chi connectivity index (χ0) is 28.0. The van der Waals surface area contributed by atoms with E-state index in [1.807, 2.05) is 87.2 Å². The number of aliphatic hydroxyl groups is 1. The summed E-state index contributed by atoms with van der Waals surface area (Å²) in [5, 5.41) is 23.6. The van der Waals surface area contributed by atoms with E-state index < -0.39 is 6.04 Å². The lowest BCUT2D eigenvalue weighted by molar-refractivity contribution is 0.136. The SMILES string of the molecule is Cc1ccn2nc(C(C)Nc3ncnc4[nH]cc(-c5ccn(CC(C)(C)CO)n5)c34)n(-c3ccccc3)c(=O)c12. The van der Waals surface area contributed by atoms with Crippen LogP contribution in [-0.4, -0.2) is 50.6 Å². The molecule has 40 heavy (non-hydrogen) atoms. The molecule has 0 saturated carbocycles. The number of hydrogen-bond donors (Lipinski definition) is 3. The predicted octanol–water partition coefficient (Wildman–Crippen LogP) is 4.12. The number of aryl methyl sites for hydroxylation is 1. The van der Waals surface area contributed by atoms with E-state index in [-0.39, 0.29) is 17.6 Å². The molecular weight excluding hydrogens is 506 g/mol. The van der Waals surface area contributed by atoms with Gasteiger partial charge >= 0.3 is 0 Å². The Bertz CT molecular complexity index is 1880. The second-order valence-electron chi connectivity index (χ2n) is 10.9. The molecular formula is C29H31N9O2. The minimum absolute atomic E-state index is 0.0610. The second kappa shape index (κ2) is 9.76. The molecule has 0 radical (unpaired) electrons. The standard InChI is InChI=1S/C29H31N9O2/c1-18-10-13-37-24(18)28(40)38(20-8-6-5-7-9-20)27(35-37)19(2)33-26-23-21(14-30-25(23)31-17-32-26)22-11-12-36(34-22)15-29(3,4)16-39/h5-14,17,19,39H,15-16H2,1-4H3,(H2,30,31,32,33). The molecule has 3 N–H and O–H groups in total. The molecule has 1 aromatic carbocycles. The van der Waals surface area contributed by atoms with Gasteiger partial charge in [0.05, 0.1) is 22.8 Å². The first-order chi connectivity index (χ1) is 19.3. The molecule has 0 spiro atoms. The van der Waals surface area contributed by atoms with Crippen molar-refractivity contribution in [3.63, 3.8) is 0 Å².